The van der Waals surface area contributed by atoms with Crippen LogP contribution in [0.15, 0.2) is 36.4 Å². The molecule has 0 saturated carbocycles. The summed E-state index contributed by atoms with van der Waals surface area (Å²) in [6, 6.07) is 5.56. The van der Waals surface area contributed by atoms with Gasteiger partial charge in [0.15, 0.2) is 5.13 Å². The molecule has 0 spiro atoms. The smallest absolute Gasteiger partial charge is 0.352 e. The molecule has 6 nitrogen and oxygen atoms in total. The van der Waals surface area contributed by atoms with Gasteiger partial charge in [0, 0.05) is 11.3 Å². The first-order chi connectivity index (χ1) is 16.3. The number of nitrogen functional groups attached to an aromatic ring is 1. The fourth-order valence-electron chi connectivity index (χ4n) is 3.60. The maximum absolute atomic E-state index is 15.1. The van der Waals surface area contributed by atoms with Gasteiger partial charge in [-0.25, -0.2) is 13.8 Å². The zero-order valence-electron chi connectivity index (χ0n) is 17.8. The van der Waals surface area contributed by atoms with Crippen LogP contribution in [-0.2, 0) is 23.2 Å². The number of anilines is 2. The van der Waals surface area contributed by atoms with Crippen molar-refractivity contribution >= 4 is 34.0 Å². The first kappa shape index (κ1) is 24.5. The molecule has 0 radical (unpaired) electrons. The second-order valence-corrected chi connectivity index (χ2v) is 8.99. The zero-order valence-corrected chi connectivity index (χ0v) is 18.7. The lowest BCUT2D eigenvalue weighted by atomic mass is 10.0. The van der Waals surface area contributed by atoms with E-state index in [0.29, 0.717) is 23.5 Å². The van der Waals surface area contributed by atoms with Gasteiger partial charge >= 0.3 is 11.8 Å². The highest BCUT2D eigenvalue weighted by Crippen LogP contribution is 2.42. The van der Waals surface area contributed by atoms with Crippen molar-refractivity contribution in [3.8, 4) is 0 Å². The molecule has 1 aliphatic heterocycles. The van der Waals surface area contributed by atoms with Crippen LogP contribution in [0.5, 0.6) is 0 Å². The minimum absolute atomic E-state index is 0.151. The molecule has 0 saturated heterocycles. The highest BCUT2D eigenvalue weighted by atomic mass is 32.1. The van der Waals surface area contributed by atoms with Crippen molar-refractivity contribution in [1.29, 1.82) is 0 Å². The number of hydrogen-bond acceptors (Lipinski definition) is 5. The third-order valence-corrected chi connectivity index (χ3v) is 6.19. The van der Waals surface area contributed by atoms with Crippen LogP contribution in [0, 0.1) is 18.6 Å². The maximum atomic E-state index is 15.1. The first-order valence-electron chi connectivity index (χ1n) is 9.98. The van der Waals surface area contributed by atoms with Gasteiger partial charge in [0.05, 0.1) is 23.5 Å². The van der Waals surface area contributed by atoms with Crippen molar-refractivity contribution in [3.05, 3.63) is 75.3 Å². The van der Waals surface area contributed by atoms with Gasteiger partial charge in [-0.2, -0.15) is 17.6 Å². The molecule has 0 unspecified atom stereocenters. The predicted molar refractivity (Wildman–Crippen MR) is 115 cm³/mol. The summed E-state index contributed by atoms with van der Waals surface area (Å²) >= 11 is 0.630. The fraction of sp³-hybridized carbons (Fsp3) is 0.227. The Morgan fingerprint density at radius 3 is 2.51 bits per heavy atom. The summed E-state index contributed by atoms with van der Waals surface area (Å²) in [5.74, 6) is -13.3. The summed E-state index contributed by atoms with van der Waals surface area (Å²) in [5.41, 5.74) is 3.22. The molecule has 13 heteroatoms. The number of nitrogens with one attached hydrogen (secondary N) is 1. The minimum Gasteiger partial charge on any atom is -0.375 e. The van der Waals surface area contributed by atoms with Gasteiger partial charge in [-0.3, -0.25) is 9.59 Å². The number of nitrogens with two attached hydrogens (primary N) is 1. The molecule has 4 rings (SSSR count). The number of nitrogens with zero attached hydrogens (tertiary/aromatic N) is 2. The Morgan fingerprint density at radius 2 is 1.83 bits per heavy atom. The molecule has 3 N–H and O–H groups in total. The molecule has 2 heterocycles. The summed E-state index contributed by atoms with van der Waals surface area (Å²) < 4.78 is 86.9. The highest BCUT2D eigenvalue weighted by Gasteiger charge is 2.52. The molecule has 184 valence electrons. The summed E-state index contributed by atoms with van der Waals surface area (Å²) in [6.07, 6.45) is 0. The third kappa shape index (κ3) is 4.55. The topological polar surface area (TPSA) is 88.3 Å². The Bertz CT molecular complexity index is 1340. The van der Waals surface area contributed by atoms with E-state index in [1.54, 1.807) is 0 Å². The average molecular weight is 514 g/mol. The zero-order chi connectivity index (χ0) is 25.7. The number of amides is 2. The molecule has 0 bridgehead atoms. The van der Waals surface area contributed by atoms with Crippen LogP contribution in [0.3, 0.4) is 0 Å². The SMILES string of the molecule is Cc1cc(NC(=O)c2ccc(F)c(C(F)(F)C(=O)N3Cc4sc(N)nc4C(F)(F)C3)c2)ccc1F. The van der Waals surface area contributed by atoms with Crippen molar-refractivity contribution in [2.45, 2.75) is 25.3 Å². The van der Waals surface area contributed by atoms with Crippen LogP contribution < -0.4 is 11.1 Å². The first-order valence-corrected chi connectivity index (χ1v) is 10.8. The predicted octanol–water partition coefficient (Wildman–Crippen LogP) is 4.79. The Morgan fingerprint density at radius 1 is 1.14 bits per heavy atom. The number of alkyl halides is 4. The number of aryl methyl sites for hydroxylation is 1. The molecule has 0 fully saturated rings. The van der Waals surface area contributed by atoms with Crippen LogP contribution in [0.25, 0.3) is 0 Å². The Hall–Kier alpha value is -3.61. The molecule has 2 amide bonds. The Labute approximate surface area is 198 Å². The molecule has 1 aliphatic rings. The average Bonchev–Trinajstić information content (AvgIpc) is 3.17. The number of aromatic nitrogens is 1. The van der Waals surface area contributed by atoms with E-state index >= 15 is 8.78 Å². The summed E-state index contributed by atoms with van der Waals surface area (Å²) in [5, 5.41) is 2.14. The van der Waals surface area contributed by atoms with Crippen molar-refractivity contribution in [2.24, 2.45) is 0 Å². The second kappa shape index (κ2) is 8.56. The minimum atomic E-state index is -4.57. The van der Waals surface area contributed by atoms with Gasteiger partial charge < -0.3 is 16.0 Å². The van der Waals surface area contributed by atoms with E-state index in [1.165, 1.54) is 19.1 Å². The monoisotopic (exact) mass is 514 g/mol. The molecule has 1 aromatic heterocycles. The molecular formula is C22H16F6N4O2S. The largest absolute Gasteiger partial charge is 0.375 e. The summed E-state index contributed by atoms with van der Waals surface area (Å²) in [7, 11) is 0. The number of rotatable bonds is 4. The fourth-order valence-corrected chi connectivity index (χ4v) is 4.50. The lowest BCUT2D eigenvalue weighted by Gasteiger charge is -2.33. The molecule has 0 aliphatic carbocycles. The summed E-state index contributed by atoms with van der Waals surface area (Å²) in [6.45, 7) is -0.565. The number of hydrogen-bond donors (Lipinski definition) is 2. The van der Waals surface area contributed by atoms with E-state index in [2.05, 4.69) is 10.3 Å². The Balaban J connectivity index is 1.61. The van der Waals surface area contributed by atoms with Crippen LogP contribution >= 0.6 is 11.3 Å². The molecular weight excluding hydrogens is 498 g/mol. The van der Waals surface area contributed by atoms with Gasteiger partial charge in [0.1, 0.15) is 17.3 Å². The lowest BCUT2D eigenvalue weighted by molar-refractivity contribution is -0.167. The second-order valence-electron chi connectivity index (χ2n) is 7.88. The van der Waals surface area contributed by atoms with Crippen molar-refractivity contribution < 1.29 is 35.9 Å². The number of halogens is 6. The molecule has 3 aromatic rings. The van der Waals surface area contributed by atoms with Crippen LogP contribution in [0.2, 0.25) is 0 Å². The number of fused-ring (bicyclic) bond motifs is 1. The summed E-state index contributed by atoms with van der Waals surface area (Å²) in [4.78, 5) is 28.7. The Kier molecular flexibility index (Phi) is 5.99. The number of carbonyl (C=O) groups excluding carboxylic acids is 2. The lowest BCUT2D eigenvalue weighted by Crippen LogP contribution is -2.49. The van der Waals surface area contributed by atoms with Gasteiger partial charge in [-0.15, -0.1) is 0 Å². The van der Waals surface area contributed by atoms with E-state index in [9.17, 15) is 27.2 Å². The maximum Gasteiger partial charge on any atom is 0.352 e. The number of benzene rings is 2. The molecule has 35 heavy (non-hydrogen) atoms. The van der Waals surface area contributed by atoms with Crippen molar-refractivity contribution in [1.82, 2.24) is 9.88 Å². The standard InChI is InChI=1S/C22H16F6N4O2S/c1-10-6-12(3-5-14(10)23)30-18(33)11-2-4-15(24)13(7-11)22(27,28)19(34)32-8-16-17(21(25,26)9-32)31-20(29)35-16/h2-7H,8-9H2,1H3,(H2,29,31)(H,30,33). The quantitative estimate of drug-likeness (QED) is 0.490. The van der Waals surface area contributed by atoms with Crippen LogP contribution in [0.1, 0.15) is 32.1 Å². The molecule has 0 atom stereocenters. The van der Waals surface area contributed by atoms with Crippen molar-refractivity contribution in [2.75, 3.05) is 17.6 Å². The van der Waals surface area contributed by atoms with Crippen LogP contribution in [-0.4, -0.2) is 28.2 Å². The van der Waals surface area contributed by atoms with Gasteiger partial charge in [-0.1, -0.05) is 11.3 Å². The van der Waals surface area contributed by atoms with Gasteiger partial charge in [0.2, 0.25) is 0 Å². The van der Waals surface area contributed by atoms with Crippen molar-refractivity contribution in [3.63, 3.8) is 0 Å². The van der Waals surface area contributed by atoms with Gasteiger partial charge in [0.25, 0.3) is 11.8 Å². The number of thiazole rings is 1. The highest BCUT2D eigenvalue weighted by molar-refractivity contribution is 7.15. The third-order valence-electron chi connectivity index (χ3n) is 5.32. The van der Waals surface area contributed by atoms with Crippen LogP contribution in [0.4, 0.5) is 37.2 Å². The normalized spacial score (nSPS) is 15.0. The van der Waals surface area contributed by atoms with E-state index in [4.69, 9.17) is 5.73 Å². The number of carbonyl (C=O) groups is 2. The van der Waals surface area contributed by atoms with E-state index < -0.39 is 65.2 Å². The van der Waals surface area contributed by atoms with Gasteiger partial charge in [-0.05, 0) is 48.9 Å². The molecule has 2 aromatic carbocycles. The van der Waals surface area contributed by atoms with E-state index in [0.717, 1.165) is 12.1 Å². The van der Waals surface area contributed by atoms with E-state index in [1.807, 2.05) is 0 Å². The van der Waals surface area contributed by atoms with E-state index in [-0.39, 0.29) is 26.2 Å².